The van der Waals surface area contributed by atoms with E-state index in [-0.39, 0.29) is 17.9 Å². The lowest BCUT2D eigenvalue weighted by atomic mass is 9.99. The van der Waals surface area contributed by atoms with Crippen LogP contribution in [0.1, 0.15) is 16.7 Å². The minimum atomic E-state index is -1.53. The smallest absolute Gasteiger partial charge is 0.187 e. The van der Waals surface area contributed by atoms with Gasteiger partial charge in [0.1, 0.15) is 36.2 Å². The summed E-state index contributed by atoms with van der Waals surface area (Å²) in [7, 11) is 0. The van der Waals surface area contributed by atoms with Crippen LogP contribution in [0.3, 0.4) is 0 Å². The van der Waals surface area contributed by atoms with Crippen LogP contribution in [0.2, 0.25) is 0 Å². The predicted octanol–water partition coefficient (Wildman–Crippen LogP) is -1.11. The average Bonchev–Trinajstić information content (AvgIpc) is 2.55. The van der Waals surface area contributed by atoms with Crippen LogP contribution >= 0.6 is 0 Å². The number of hydrogen-bond donors (Lipinski definition) is 5. The molecule has 1 fully saturated rings. The highest BCUT2D eigenvalue weighted by Gasteiger charge is 2.44. The average molecular weight is 325 g/mol. The molecule has 0 radical (unpaired) electrons. The highest BCUT2D eigenvalue weighted by molar-refractivity contribution is 5.51. The van der Waals surface area contributed by atoms with Crippen LogP contribution in [-0.2, 0) is 16.1 Å². The molecule has 0 amide bonds. The number of benzene rings is 1. The molecule has 1 aromatic rings. The van der Waals surface area contributed by atoms with Gasteiger partial charge in [0, 0.05) is 0 Å². The summed E-state index contributed by atoms with van der Waals surface area (Å²) in [4.78, 5) is 0. The molecule has 5 unspecified atom stereocenters. The summed E-state index contributed by atoms with van der Waals surface area (Å²) in [5.74, 6) is -0.151. The number of phenols is 1. The van der Waals surface area contributed by atoms with Crippen LogP contribution in [0.4, 0.5) is 0 Å². The monoisotopic (exact) mass is 325 g/mol. The largest absolute Gasteiger partial charge is 0.506 e. The zero-order chi connectivity index (χ0) is 17.1. The van der Waals surface area contributed by atoms with E-state index in [2.05, 4.69) is 0 Å². The van der Waals surface area contributed by atoms with Crippen molar-refractivity contribution in [2.24, 2.45) is 0 Å². The molecule has 1 aliphatic rings. The lowest BCUT2D eigenvalue weighted by Crippen LogP contribution is -2.59. The van der Waals surface area contributed by atoms with Gasteiger partial charge in [-0.05, 0) is 18.1 Å². The Morgan fingerprint density at radius 2 is 1.91 bits per heavy atom. The Kier molecular flexibility index (Phi) is 5.54. The Bertz CT molecular complexity index is 598. The molecule has 5 N–H and O–H groups in total. The third-order valence-electron chi connectivity index (χ3n) is 3.83. The highest BCUT2D eigenvalue weighted by atomic mass is 16.7. The van der Waals surface area contributed by atoms with Gasteiger partial charge < -0.3 is 35.0 Å². The van der Waals surface area contributed by atoms with Gasteiger partial charge in [0.2, 0.25) is 0 Å². The fraction of sp³-hybridized carbons (Fsp3) is 0.533. The molecule has 2 rings (SSSR count). The number of rotatable bonds is 4. The van der Waals surface area contributed by atoms with Crippen LogP contribution in [0.25, 0.3) is 0 Å². The molecule has 0 aliphatic carbocycles. The highest BCUT2D eigenvalue weighted by Crippen LogP contribution is 2.27. The van der Waals surface area contributed by atoms with Gasteiger partial charge in [0.25, 0.3) is 0 Å². The Hall–Kier alpha value is -1.73. The van der Waals surface area contributed by atoms with Crippen molar-refractivity contribution in [1.29, 1.82) is 5.26 Å². The second kappa shape index (κ2) is 7.23. The van der Waals surface area contributed by atoms with Gasteiger partial charge in [-0.2, -0.15) is 5.26 Å². The van der Waals surface area contributed by atoms with E-state index in [4.69, 9.17) is 19.8 Å². The second-order valence-corrected chi connectivity index (χ2v) is 5.39. The fourth-order valence-corrected chi connectivity index (χ4v) is 2.36. The number of aliphatic hydroxyl groups is 4. The molecule has 8 heteroatoms. The van der Waals surface area contributed by atoms with E-state index in [1.54, 1.807) is 19.1 Å². The summed E-state index contributed by atoms with van der Waals surface area (Å²) in [6.45, 7) is 0.928. The lowest BCUT2D eigenvalue weighted by Gasteiger charge is -2.39. The van der Waals surface area contributed by atoms with Crippen molar-refractivity contribution in [1.82, 2.24) is 0 Å². The Balaban J connectivity index is 2.12. The van der Waals surface area contributed by atoms with E-state index in [1.165, 1.54) is 0 Å². The zero-order valence-electron chi connectivity index (χ0n) is 12.5. The summed E-state index contributed by atoms with van der Waals surface area (Å²) < 4.78 is 10.6. The van der Waals surface area contributed by atoms with Gasteiger partial charge in [-0.25, -0.2) is 0 Å². The third kappa shape index (κ3) is 3.45. The van der Waals surface area contributed by atoms with E-state index < -0.39 is 37.3 Å². The number of phenolic OH excluding ortho intramolecular Hbond substituents is 1. The topological polar surface area (TPSA) is 143 Å². The number of ether oxygens (including phenoxy) is 2. The summed E-state index contributed by atoms with van der Waals surface area (Å²) in [5, 5.41) is 57.3. The van der Waals surface area contributed by atoms with E-state index in [0.29, 0.717) is 11.1 Å². The van der Waals surface area contributed by atoms with Crippen LogP contribution in [0.15, 0.2) is 12.1 Å². The quantitative estimate of drug-likeness (QED) is 0.469. The molecule has 0 saturated carbocycles. The van der Waals surface area contributed by atoms with Crippen LogP contribution in [-0.4, -0.2) is 62.8 Å². The SMILES string of the molecule is Cc1ccc(COC2OC(CO)C(O)C(O)C2O)c(C#N)c1O. The standard InChI is InChI=1S/C15H19NO7/c1-7-2-3-8(9(4-16)11(7)18)6-22-15-14(21)13(20)12(19)10(5-17)23-15/h2-3,10,12-15,17-21H,5-6H2,1H3. The summed E-state index contributed by atoms with van der Waals surface area (Å²) >= 11 is 0. The normalized spacial score (nSPS) is 30.9. The lowest BCUT2D eigenvalue weighted by molar-refractivity contribution is -0.304. The van der Waals surface area contributed by atoms with E-state index >= 15 is 0 Å². The van der Waals surface area contributed by atoms with E-state index in [9.17, 15) is 20.4 Å². The molecule has 5 atom stereocenters. The Labute approximate surface area is 132 Å². The molecular weight excluding hydrogens is 306 g/mol. The number of aromatic hydroxyl groups is 1. The molecule has 8 nitrogen and oxygen atoms in total. The van der Waals surface area contributed by atoms with Crippen molar-refractivity contribution in [2.45, 2.75) is 44.2 Å². The van der Waals surface area contributed by atoms with Crippen LogP contribution < -0.4 is 0 Å². The van der Waals surface area contributed by atoms with Gasteiger partial charge in [-0.15, -0.1) is 0 Å². The molecule has 1 heterocycles. The predicted molar refractivity (Wildman–Crippen MR) is 76.1 cm³/mol. The molecule has 0 spiro atoms. The number of aryl methyl sites for hydroxylation is 1. The Morgan fingerprint density at radius 1 is 1.22 bits per heavy atom. The first-order valence-electron chi connectivity index (χ1n) is 7.04. The Morgan fingerprint density at radius 3 is 2.52 bits per heavy atom. The van der Waals surface area contributed by atoms with Gasteiger partial charge in [0.15, 0.2) is 6.29 Å². The van der Waals surface area contributed by atoms with Crippen LogP contribution in [0.5, 0.6) is 5.75 Å². The zero-order valence-corrected chi connectivity index (χ0v) is 12.5. The summed E-state index contributed by atoms with van der Waals surface area (Å²) in [6.07, 6.45) is -6.88. The summed E-state index contributed by atoms with van der Waals surface area (Å²) in [5.41, 5.74) is 0.972. The molecule has 1 saturated heterocycles. The van der Waals surface area contributed by atoms with Gasteiger partial charge in [-0.1, -0.05) is 12.1 Å². The number of nitrogens with zero attached hydrogens (tertiary/aromatic N) is 1. The fourth-order valence-electron chi connectivity index (χ4n) is 2.36. The molecule has 0 bridgehead atoms. The first kappa shape index (κ1) is 17.6. The first-order chi connectivity index (χ1) is 10.9. The number of aliphatic hydroxyl groups excluding tert-OH is 4. The molecule has 1 aliphatic heterocycles. The molecular formula is C15H19NO7. The molecule has 0 aromatic heterocycles. The van der Waals surface area contributed by atoms with E-state index in [1.807, 2.05) is 6.07 Å². The third-order valence-corrected chi connectivity index (χ3v) is 3.83. The van der Waals surface area contributed by atoms with Crippen LogP contribution in [0, 0.1) is 18.3 Å². The van der Waals surface area contributed by atoms with Crippen molar-refractivity contribution < 1.29 is 35.0 Å². The number of nitriles is 1. The van der Waals surface area contributed by atoms with Crippen molar-refractivity contribution in [2.75, 3.05) is 6.61 Å². The van der Waals surface area contributed by atoms with Crippen molar-refractivity contribution >= 4 is 0 Å². The first-order valence-corrected chi connectivity index (χ1v) is 7.04. The molecule has 1 aromatic carbocycles. The maximum atomic E-state index is 9.87. The minimum absolute atomic E-state index is 0.0505. The van der Waals surface area contributed by atoms with E-state index in [0.717, 1.165) is 0 Å². The van der Waals surface area contributed by atoms with Crippen molar-refractivity contribution in [3.63, 3.8) is 0 Å². The van der Waals surface area contributed by atoms with Crippen molar-refractivity contribution in [3.8, 4) is 11.8 Å². The number of hydrogen-bond acceptors (Lipinski definition) is 8. The summed E-state index contributed by atoms with van der Waals surface area (Å²) in [6, 6.07) is 5.08. The van der Waals surface area contributed by atoms with Gasteiger partial charge in [-0.3, -0.25) is 0 Å². The maximum Gasteiger partial charge on any atom is 0.187 e. The molecule has 23 heavy (non-hydrogen) atoms. The minimum Gasteiger partial charge on any atom is -0.506 e. The van der Waals surface area contributed by atoms with Gasteiger partial charge >= 0.3 is 0 Å². The van der Waals surface area contributed by atoms with Crippen molar-refractivity contribution in [3.05, 3.63) is 28.8 Å². The molecule has 126 valence electrons. The maximum absolute atomic E-state index is 9.87. The van der Waals surface area contributed by atoms with Gasteiger partial charge in [0.05, 0.1) is 18.8 Å². The second-order valence-electron chi connectivity index (χ2n) is 5.39.